The second-order valence-electron chi connectivity index (χ2n) is 7.20. The summed E-state index contributed by atoms with van der Waals surface area (Å²) in [5.74, 6) is -1.14. The van der Waals surface area contributed by atoms with Gasteiger partial charge in [-0.3, -0.25) is 14.5 Å². The minimum Gasteiger partial charge on any atom is -0.481 e. The highest BCUT2D eigenvalue weighted by Gasteiger charge is 2.28. The molecule has 6 heteroatoms. The molecule has 2 aromatic rings. The molecule has 0 aliphatic carbocycles. The minimum absolute atomic E-state index is 0.0206. The molecule has 0 spiro atoms. The Kier molecular flexibility index (Phi) is 6.41. The lowest BCUT2D eigenvalue weighted by molar-refractivity contribution is -0.137. The van der Waals surface area contributed by atoms with Crippen LogP contribution in [0, 0.1) is 12.7 Å². The van der Waals surface area contributed by atoms with Gasteiger partial charge in [-0.25, -0.2) is 4.39 Å². The molecule has 0 radical (unpaired) electrons. The Balaban J connectivity index is 1.68. The Labute approximate surface area is 164 Å². The number of carbonyl (C=O) groups excluding carboxylic acids is 1. The van der Waals surface area contributed by atoms with Crippen LogP contribution in [0.25, 0.3) is 0 Å². The van der Waals surface area contributed by atoms with E-state index in [9.17, 15) is 14.0 Å². The van der Waals surface area contributed by atoms with Crippen molar-refractivity contribution in [3.05, 3.63) is 71.0 Å². The summed E-state index contributed by atoms with van der Waals surface area (Å²) in [6.45, 7) is 4.43. The highest BCUT2D eigenvalue weighted by Crippen LogP contribution is 2.27. The van der Waals surface area contributed by atoms with E-state index < -0.39 is 5.97 Å². The zero-order valence-electron chi connectivity index (χ0n) is 16.0. The first-order valence-electron chi connectivity index (χ1n) is 9.51. The summed E-state index contributed by atoms with van der Waals surface area (Å²) in [5, 5.41) is 9.08. The van der Waals surface area contributed by atoms with Crippen LogP contribution in [0.1, 0.15) is 40.4 Å². The first kappa shape index (κ1) is 20.0. The Hall–Kier alpha value is -2.73. The van der Waals surface area contributed by atoms with Gasteiger partial charge in [0.1, 0.15) is 5.82 Å². The van der Waals surface area contributed by atoms with E-state index in [-0.39, 0.29) is 24.2 Å². The van der Waals surface area contributed by atoms with E-state index in [2.05, 4.69) is 4.90 Å². The number of aliphatic carboxylic acids is 1. The van der Waals surface area contributed by atoms with E-state index in [0.717, 1.165) is 11.1 Å². The first-order valence-corrected chi connectivity index (χ1v) is 9.51. The maximum absolute atomic E-state index is 13.3. The van der Waals surface area contributed by atoms with Gasteiger partial charge < -0.3 is 10.0 Å². The van der Waals surface area contributed by atoms with Crippen molar-refractivity contribution >= 4 is 11.9 Å². The molecule has 1 fully saturated rings. The number of hydrogen-bond acceptors (Lipinski definition) is 3. The van der Waals surface area contributed by atoms with Crippen molar-refractivity contribution in [2.45, 2.75) is 25.8 Å². The third-order valence-corrected chi connectivity index (χ3v) is 5.19. The van der Waals surface area contributed by atoms with Crippen LogP contribution in [-0.2, 0) is 4.79 Å². The first-order chi connectivity index (χ1) is 13.4. The average molecular weight is 384 g/mol. The lowest BCUT2D eigenvalue weighted by atomic mass is 9.99. The molecule has 1 N–H and O–H groups in total. The molecular weight excluding hydrogens is 359 g/mol. The fraction of sp³-hybridized carbons (Fsp3) is 0.364. The Morgan fingerprint density at radius 3 is 2.36 bits per heavy atom. The molecule has 2 aromatic carbocycles. The van der Waals surface area contributed by atoms with E-state index in [1.54, 1.807) is 12.1 Å². The quantitative estimate of drug-likeness (QED) is 0.828. The maximum atomic E-state index is 13.3. The number of piperazine rings is 1. The van der Waals surface area contributed by atoms with Gasteiger partial charge in [-0.1, -0.05) is 29.8 Å². The molecular formula is C22H25FN2O3. The van der Waals surface area contributed by atoms with E-state index in [1.165, 1.54) is 12.1 Å². The van der Waals surface area contributed by atoms with Gasteiger partial charge in [0.05, 0.1) is 0 Å². The normalized spacial score (nSPS) is 16.0. The third kappa shape index (κ3) is 4.95. The standard InChI is InChI=1S/C22H25FN2O3/c1-16-3-2-4-18(15-16)22(28)25-13-11-24(12-14-25)20(9-10-21(26)27)17-5-7-19(23)8-6-17/h2-8,15,20H,9-14H2,1H3,(H,26,27)/t20-/m0/s1. The zero-order valence-corrected chi connectivity index (χ0v) is 16.0. The van der Waals surface area contributed by atoms with Gasteiger partial charge in [0.25, 0.3) is 5.91 Å². The van der Waals surface area contributed by atoms with Gasteiger partial charge in [0.15, 0.2) is 0 Å². The average Bonchev–Trinajstić information content (AvgIpc) is 2.69. The summed E-state index contributed by atoms with van der Waals surface area (Å²) in [7, 11) is 0. The summed E-state index contributed by atoms with van der Waals surface area (Å²) >= 11 is 0. The van der Waals surface area contributed by atoms with Crippen LogP contribution in [0.15, 0.2) is 48.5 Å². The van der Waals surface area contributed by atoms with Gasteiger partial charge in [0.2, 0.25) is 0 Å². The summed E-state index contributed by atoms with van der Waals surface area (Å²) < 4.78 is 13.3. The van der Waals surface area contributed by atoms with Crippen LogP contribution >= 0.6 is 0 Å². The summed E-state index contributed by atoms with van der Waals surface area (Å²) in [5.41, 5.74) is 2.64. The Bertz CT molecular complexity index is 830. The number of nitrogens with zero attached hydrogens (tertiary/aromatic N) is 2. The van der Waals surface area contributed by atoms with Crippen LogP contribution in [0.3, 0.4) is 0 Å². The van der Waals surface area contributed by atoms with Gasteiger partial charge in [-0.15, -0.1) is 0 Å². The number of carboxylic acid groups (broad SMARTS) is 1. The van der Waals surface area contributed by atoms with Crippen molar-refractivity contribution in [3.63, 3.8) is 0 Å². The second-order valence-corrected chi connectivity index (χ2v) is 7.20. The predicted molar refractivity (Wildman–Crippen MR) is 105 cm³/mol. The summed E-state index contributed by atoms with van der Waals surface area (Å²) in [6.07, 6.45) is 0.497. The highest BCUT2D eigenvalue weighted by molar-refractivity contribution is 5.94. The summed E-state index contributed by atoms with van der Waals surface area (Å²) in [4.78, 5) is 27.8. The SMILES string of the molecule is Cc1cccc(C(=O)N2CCN([C@@H](CCC(=O)O)c3ccc(F)cc3)CC2)c1. The molecule has 3 rings (SSSR count). The lowest BCUT2D eigenvalue weighted by Crippen LogP contribution is -2.49. The molecule has 1 heterocycles. The number of carboxylic acids is 1. The minimum atomic E-state index is -0.847. The Morgan fingerprint density at radius 1 is 1.07 bits per heavy atom. The number of benzene rings is 2. The second kappa shape index (κ2) is 8.97. The van der Waals surface area contributed by atoms with Crippen molar-refractivity contribution in [1.82, 2.24) is 9.80 Å². The number of hydrogen-bond donors (Lipinski definition) is 1. The van der Waals surface area contributed by atoms with Gasteiger partial charge in [-0.2, -0.15) is 0 Å². The molecule has 5 nitrogen and oxygen atoms in total. The van der Waals surface area contributed by atoms with Crippen molar-refractivity contribution in [2.24, 2.45) is 0 Å². The third-order valence-electron chi connectivity index (χ3n) is 5.19. The molecule has 0 aromatic heterocycles. The highest BCUT2D eigenvalue weighted by atomic mass is 19.1. The van der Waals surface area contributed by atoms with Gasteiger partial charge in [0, 0.05) is 44.2 Å². The van der Waals surface area contributed by atoms with E-state index in [0.29, 0.717) is 38.2 Å². The molecule has 0 unspecified atom stereocenters. The Morgan fingerprint density at radius 2 is 1.75 bits per heavy atom. The van der Waals surface area contributed by atoms with Crippen molar-refractivity contribution in [3.8, 4) is 0 Å². The number of amides is 1. The number of aryl methyl sites for hydroxylation is 1. The van der Waals surface area contributed by atoms with Crippen LogP contribution in [0.5, 0.6) is 0 Å². The molecule has 1 atom stereocenters. The largest absolute Gasteiger partial charge is 0.481 e. The fourth-order valence-corrected chi connectivity index (χ4v) is 3.70. The van der Waals surface area contributed by atoms with Crippen molar-refractivity contribution in [1.29, 1.82) is 0 Å². The van der Waals surface area contributed by atoms with Crippen LogP contribution in [-0.4, -0.2) is 53.0 Å². The molecule has 0 bridgehead atoms. The monoisotopic (exact) mass is 384 g/mol. The smallest absolute Gasteiger partial charge is 0.303 e. The van der Waals surface area contributed by atoms with E-state index in [4.69, 9.17) is 5.11 Å². The van der Waals surface area contributed by atoms with Gasteiger partial charge >= 0.3 is 5.97 Å². The van der Waals surface area contributed by atoms with Crippen LogP contribution in [0.2, 0.25) is 0 Å². The predicted octanol–water partition coefficient (Wildman–Crippen LogP) is 3.50. The van der Waals surface area contributed by atoms with Crippen LogP contribution < -0.4 is 0 Å². The molecule has 1 saturated heterocycles. The topological polar surface area (TPSA) is 60.9 Å². The zero-order chi connectivity index (χ0) is 20.1. The van der Waals surface area contributed by atoms with Crippen molar-refractivity contribution in [2.75, 3.05) is 26.2 Å². The fourth-order valence-electron chi connectivity index (χ4n) is 3.70. The number of rotatable bonds is 6. The molecule has 148 valence electrons. The van der Waals surface area contributed by atoms with Gasteiger partial charge in [-0.05, 0) is 43.2 Å². The molecule has 1 aliphatic rings. The number of carbonyl (C=O) groups is 2. The van der Waals surface area contributed by atoms with E-state index >= 15 is 0 Å². The molecule has 0 saturated carbocycles. The molecule has 28 heavy (non-hydrogen) atoms. The van der Waals surface area contributed by atoms with E-state index in [1.807, 2.05) is 36.1 Å². The molecule has 1 amide bonds. The van der Waals surface area contributed by atoms with Crippen molar-refractivity contribution < 1.29 is 19.1 Å². The maximum Gasteiger partial charge on any atom is 0.303 e. The molecule has 1 aliphatic heterocycles. The lowest BCUT2D eigenvalue weighted by Gasteiger charge is -2.39. The van der Waals surface area contributed by atoms with Crippen LogP contribution in [0.4, 0.5) is 4.39 Å². The number of halogens is 1. The summed E-state index contributed by atoms with van der Waals surface area (Å²) in [6, 6.07) is 13.7.